The van der Waals surface area contributed by atoms with Crippen LogP contribution >= 0.6 is 0 Å². The molecule has 2 aromatic rings. The fourth-order valence-corrected chi connectivity index (χ4v) is 2.64. The van der Waals surface area contributed by atoms with Crippen molar-refractivity contribution < 1.29 is 38.0 Å². The van der Waals surface area contributed by atoms with Crippen molar-refractivity contribution in [2.45, 2.75) is 0 Å². The molecule has 0 aliphatic carbocycles. The maximum atomic E-state index is 12.3. The van der Waals surface area contributed by atoms with Crippen molar-refractivity contribution in [3.63, 3.8) is 0 Å². The van der Waals surface area contributed by atoms with Crippen LogP contribution in [-0.4, -0.2) is 53.9 Å². The minimum atomic E-state index is -0.669. The first-order valence-corrected chi connectivity index (χ1v) is 8.87. The zero-order chi connectivity index (χ0) is 22.1. The van der Waals surface area contributed by atoms with Crippen LogP contribution in [0.1, 0.15) is 15.9 Å². The third-order valence-electron chi connectivity index (χ3n) is 4.15. The Morgan fingerprint density at radius 1 is 0.767 bits per heavy atom. The Balaban J connectivity index is 2.04. The molecule has 0 saturated heterocycles. The summed E-state index contributed by atoms with van der Waals surface area (Å²) in [5.41, 5.74) is 0.974. The molecule has 0 amide bonds. The van der Waals surface area contributed by atoms with E-state index >= 15 is 0 Å². The van der Waals surface area contributed by atoms with E-state index < -0.39 is 12.6 Å². The highest BCUT2D eigenvalue weighted by atomic mass is 16.5. The second kappa shape index (κ2) is 10.8. The van der Waals surface area contributed by atoms with Gasteiger partial charge in [0.05, 0.1) is 35.5 Å². The average Bonchev–Trinajstić information content (AvgIpc) is 2.79. The predicted molar refractivity (Wildman–Crippen MR) is 110 cm³/mol. The van der Waals surface area contributed by atoms with Crippen LogP contribution in [0.5, 0.6) is 28.7 Å². The number of methoxy groups -OCH3 is 5. The van der Waals surface area contributed by atoms with E-state index in [2.05, 4.69) is 0 Å². The molecular formula is C22H24O8. The first kappa shape index (κ1) is 22.6. The van der Waals surface area contributed by atoms with E-state index in [1.54, 1.807) is 24.3 Å². The maximum absolute atomic E-state index is 12.3. The molecule has 0 saturated carbocycles. The normalized spacial score (nSPS) is 10.4. The van der Waals surface area contributed by atoms with Crippen LogP contribution < -0.4 is 23.7 Å². The van der Waals surface area contributed by atoms with E-state index in [9.17, 15) is 9.59 Å². The van der Waals surface area contributed by atoms with Gasteiger partial charge in [-0.25, -0.2) is 4.79 Å². The summed E-state index contributed by atoms with van der Waals surface area (Å²) in [5.74, 6) is 1.22. The molecular weight excluding hydrogens is 392 g/mol. The van der Waals surface area contributed by atoms with Gasteiger partial charge in [-0.2, -0.15) is 0 Å². The first-order valence-electron chi connectivity index (χ1n) is 8.87. The molecule has 0 unspecified atom stereocenters. The zero-order valence-electron chi connectivity index (χ0n) is 17.5. The molecule has 0 N–H and O–H groups in total. The number of Topliss-reactive ketones (excluding diaryl/α,β-unsaturated/α-hetero) is 1. The van der Waals surface area contributed by atoms with Crippen molar-refractivity contribution in [3.8, 4) is 28.7 Å². The monoisotopic (exact) mass is 416 g/mol. The summed E-state index contributed by atoms with van der Waals surface area (Å²) in [6.07, 6.45) is 2.73. The second-order valence-corrected chi connectivity index (χ2v) is 5.89. The molecule has 30 heavy (non-hydrogen) atoms. The fourth-order valence-electron chi connectivity index (χ4n) is 2.64. The Bertz CT molecular complexity index is 908. The van der Waals surface area contributed by atoms with Crippen molar-refractivity contribution in [2.24, 2.45) is 0 Å². The Morgan fingerprint density at radius 2 is 1.37 bits per heavy atom. The summed E-state index contributed by atoms with van der Waals surface area (Å²) in [5, 5.41) is 0. The molecule has 0 spiro atoms. The Labute approximate surface area is 174 Å². The molecule has 0 atom stereocenters. The van der Waals surface area contributed by atoms with E-state index in [1.807, 2.05) is 0 Å². The number of hydrogen-bond acceptors (Lipinski definition) is 8. The van der Waals surface area contributed by atoms with Crippen molar-refractivity contribution in [1.82, 2.24) is 0 Å². The molecule has 8 nitrogen and oxygen atoms in total. The van der Waals surface area contributed by atoms with Gasteiger partial charge in [0.1, 0.15) is 0 Å². The molecule has 0 aliphatic rings. The number of hydrogen-bond donors (Lipinski definition) is 0. The quantitative estimate of drug-likeness (QED) is 0.331. The Hall–Kier alpha value is -3.68. The van der Waals surface area contributed by atoms with Gasteiger partial charge in [0.2, 0.25) is 5.75 Å². The van der Waals surface area contributed by atoms with Gasteiger partial charge < -0.3 is 28.4 Å². The zero-order valence-corrected chi connectivity index (χ0v) is 17.5. The second-order valence-electron chi connectivity index (χ2n) is 5.89. The molecule has 2 aromatic carbocycles. The SMILES string of the molecule is COc1ccc(C(=O)COC(=O)/C=C/c2cc(OC)c(OC)c(OC)c2)cc1OC. The highest BCUT2D eigenvalue weighted by Crippen LogP contribution is 2.38. The van der Waals surface area contributed by atoms with Gasteiger partial charge in [0.15, 0.2) is 35.4 Å². The summed E-state index contributed by atoms with van der Waals surface area (Å²) < 4.78 is 31.1. The third kappa shape index (κ3) is 5.44. The number of esters is 1. The molecule has 0 radical (unpaired) electrons. The van der Waals surface area contributed by atoms with Gasteiger partial charge in [0, 0.05) is 11.6 Å². The van der Waals surface area contributed by atoms with Crippen LogP contribution in [0.15, 0.2) is 36.4 Å². The average molecular weight is 416 g/mol. The van der Waals surface area contributed by atoms with E-state index in [0.717, 1.165) is 0 Å². The summed E-state index contributed by atoms with van der Waals surface area (Å²) in [4.78, 5) is 24.3. The van der Waals surface area contributed by atoms with E-state index in [0.29, 0.717) is 39.9 Å². The molecule has 8 heteroatoms. The lowest BCUT2D eigenvalue weighted by molar-refractivity contribution is -0.136. The summed E-state index contributed by atoms with van der Waals surface area (Å²) in [6, 6.07) is 8.07. The molecule has 0 aliphatic heterocycles. The fraction of sp³-hybridized carbons (Fsp3) is 0.273. The molecule has 0 bridgehead atoms. The summed E-state index contributed by atoms with van der Waals surface area (Å²) >= 11 is 0. The van der Waals surface area contributed by atoms with Crippen LogP contribution in [0.2, 0.25) is 0 Å². The van der Waals surface area contributed by atoms with Gasteiger partial charge in [-0.15, -0.1) is 0 Å². The largest absolute Gasteiger partial charge is 0.493 e. The molecule has 0 fully saturated rings. The van der Waals surface area contributed by atoms with Crippen molar-refractivity contribution in [1.29, 1.82) is 0 Å². The number of ether oxygens (including phenoxy) is 6. The maximum Gasteiger partial charge on any atom is 0.331 e. The highest BCUT2D eigenvalue weighted by Gasteiger charge is 2.14. The van der Waals surface area contributed by atoms with Gasteiger partial charge in [0.25, 0.3) is 0 Å². The summed E-state index contributed by atoms with van der Waals surface area (Å²) in [7, 11) is 7.47. The van der Waals surface area contributed by atoms with E-state index in [1.165, 1.54) is 53.8 Å². The van der Waals surface area contributed by atoms with Crippen molar-refractivity contribution >= 4 is 17.8 Å². The van der Waals surface area contributed by atoms with E-state index in [-0.39, 0.29) is 5.78 Å². The smallest absolute Gasteiger partial charge is 0.331 e. The van der Waals surface area contributed by atoms with Crippen LogP contribution in [0.25, 0.3) is 6.08 Å². The molecule has 2 rings (SSSR count). The lowest BCUT2D eigenvalue weighted by Gasteiger charge is -2.12. The highest BCUT2D eigenvalue weighted by molar-refractivity contribution is 5.99. The minimum Gasteiger partial charge on any atom is -0.493 e. The van der Waals surface area contributed by atoms with E-state index in [4.69, 9.17) is 28.4 Å². The summed E-state index contributed by atoms with van der Waals surface area (Å²) in [6.45, 7) is -0.409. The van der Waals surface area contributed by atoms with Crippen molar-refractivity contribution in [2.75, 3.05) is 42.2 Å². The van der Waals surface area contributed by atoms with Gasteiger partial charge in [-0.05, 0) is 42.0 Å². The van der Waals surface area contributed by atoms with Crippen LogP contribution in [-0.2, 0) is 9.53 Å². The van der Waals surface area contributed by atoms with Gasteiger partial charge in [-0.3, -0.25) is 4.79 Å². The van der Waals surface area contributed by atoms with Crippen LogP contribution in [0, 0.1) is 0 Å². The first-order chi connectivity index (χ1) is 14.5. The molecule has 0 heterocycles. The van der Waals surface area contributed by atoms with Crippen LogP contribution in [0.4, 0.5) is 0 Å². The molecule has 0 aromatic heterocycles. The number of rotatable bonds is 10. The number of carbonyl (C=O) groups excluding carboxylic acids is 2. The van der Waals surface area contributed by atoms with Gasteiger partial charge >= 0.3 is 5.97 Å². The van der Waals surface area contributed by atoms with Gasteiger partial charge in [-0.1, -0.05) is 0 Å². The number of carbonyl (C=O) groups is 2. The molecule has 160 valence electrons. The lowest BCUT2D eigenvalue weighted by atomic mass is 10.1. The van der Waals surface area contributed by atoms with Crippen LogP contribution in [0.3, 0.4) is 0 Å². The topological polar surface area (TPSA) is 89.5 Å². The lowest BCUT2D eigenvalue weighted by Crippen LogP contribution is -2.12. The predicted octanol–water partition coefficient (Wildman–Crippen LogP) is 3.17. The minimum absolute atomic E-state index is 0.342. The third-order valence-corrected chi connectivity index (χ3v) is 4.15. The number of benzene rings is 2. The van der Waals surface area contributed by atoms with Crippen molar-refractivity contribution in [3.05, 3.63) is 47.5 Å². The Morgan fingerprint density at radius 3 is 1.90 bits per heavy atom. The Kier molecular flexibility index (Phi) is 8.10. The number of ketones is 1. The standard InChI is InChI=1S/C22H24O8/c1-25-17-8-7-15(12-18(17)26-2)16(23)13-30-21(24)9-6-14-10-19(27-3)22(29-5)20(11-14)28-4/h6-12H,13H2,1-5H3/b9-6+.